The number of hydrogen-bond acceptors (Lipinski definition) is 4. The zero-order valence-electron chi connectivity index (χ0n) is 12.5. The maximum Gasteiger partial charge on any atom is 0.232 e. The Hall–Kier alpha value is -1.14. The molecule has 2 rings (SSSR count). The summed E-state index contributed by atoms with van der Waals surface area (Å²) >= 11 is 11.3. The van der Waals surface area contributed by atoms with Gasteiger partial charge in [-0.1, -0.05) is 25.4 Å². The number of anilines is 2. The molecule has 116 valence electrons. The molecule has 1 aromatic rings. The molecule has 0 aromatic carbocycles. The molecule has 1 aliphatic heterocycles. The second kappa shape index (κ2) is 7.75. The summed E-state index contributed by atoms with van der Waals surface area (Å²) in [6, 6.07) is 1.81. The van der Waals surface area contributed by atoms with Crippen LogP contribution in [0.15, 0.2) is 6.07 Å². The number of hydrogen-bond donors (Lipinski definition) is 2. The van der Waals surface area contributed by atoms with Crippen LogP contribution in [0.2, 0.25) is 5.15 Å². The lowest BCUT2D eigenvalue weighted by Crippen LogP contribution is -2.35. The molecule has 7 heteroatoms. The van der Waals surface area contributed by atoms with Gasteiger partial charge in [-0.25, -0.2) is 4.98 Å². The molecule has 2 N–H and O–H groups in total. The summed E-state index contributed by atoms with van der Waals surface area (Å²) in [5.41, 5.74) is 0. The van der Waals surface area contributed by atoms with Gasteiger partial charge in [-0.2, -0.15) is 4.98 Å². The standard InChI is InChI=1S/C14H22ClN5S/c1-3-6-16-14(21)19-13-17-11(15)8-12(18-13)20-7-4-5-10(2)9-20/h8,10H,3-7,9H2,1-2H3,(H2,16,17,18,19,21)/t10-/m0/s1. The number of thiocarbonyl (C=S) groups is 1. The molecule has 0 bridgehead atoms. The third-order valence-electron chi connectivity index (χ3n) is 3.42. The van der Waals surface area contributed by atoms with E-state index in [1.54, 1.807) is 0 Å². The van der Waals surface area contributed by atoms with E-state index in [1.165, 1.54) is 12.8 Å². The Morgan fingerprint density at radius 3 is 3.05 bits per heavy atom. The van der Waals surface area contributed by atoms with E-state index in [9.17, 15) is 0 Å². The van der Waals surface area contributed by atoms with E-state index >= 15 is 0 Å². The normalized spacial score (nSPS) is 18.4. The summed E-state index contributed by atoms with van der Waals surface area (Å²) in [6.07, 6.45) is 3.46. The van der Waals surface area contributed by atoms with Crippen LogP contribution in [0, 0.1) is 5.92 Å². The molecule has 1 aromatic heterocycles. The fraction of sp³-hybridized carbons (Fsp3) is 0.643. The van der Waals surface area contributed by atoms with Crippen molar-refractivity contribution in [1.29, 1.82) is 0 Å². The van der Waals surface area contributed by atoms with Crippen LogP contribution >= 0.6 is 23.8 Å². The minimum Gasteiger partial charge on any atom is -0.362 e. The molecule has 5 nitrogen and oxygen atoms in total. The Morgan fingerprint density at radius 2 is 2.33 bits per heavy atom. The van der Waals surface area contributed by atoms with Gasteiger partial charge < -0.3 is 15.5 Å². The van der Waals surface area contributed by atoms with Gasteiger partial charge in [-0.3, -0.25) is 0 Å². The molecule has 2 heterocycles. The largest absolute Gasteiger partial charge is 0.362 e. The first-order chi connectivity index (χ1) is 10.1. The van der Waals surface area contributed by atoms with Crippen LogP contribution in [0.5, 0.6) is 0 Å². The van der Waals surface area contributed by atoms with Crippen LogP contribution in [0.1, 0.15) is 33.1 Å². The van der Waals surface area contributed by atoms with Gasteiger partial charge in [0, 0.05) is 25.7 Å². The third kappa shape index (κ3) is 4.97. The van der Waals surface area contributed by atoms with Crippen molar-refractivity contribution >= 4 is 40.7 Å². The van der Waals surface area contributed by atoms with Crippen molar-refractivity contribution in [2.24, 2.45) is 5.92 Å². The smallest absolute Gasteiger partial charge is 0.232 e. The molecule has 21 heavy (non-hydrogen) atoms. The highest BCUT2D eigenvalue weighted by atomic mass is 35.5. The van der Waals surface area contributed by atoms with Crippen LogP contribution in [0.25, 0.3) is 0 Å². The third-order valence-corrected chi connectivity index (χ3v) is 3.86. The summed E-state index contributed by atoms with van der Waals surface area (Å²) in [7, 11) is 0. The monoisotopic (exact) mass is 327 g/mol. The molecule has 1 aliphatic rings. The van der Waals surface area contributed by atoms with Crippen LogP contribution in [-0.4, -0.2) is 34.7 Å². The highest BCUT2D eigenvalue weighted by Crippen LogP contribution is 2.24. The molecule has 0 amide bonds. The zero-order valence-corrected chi connectivity index (χ0v) is 14.1. The Bertz CT molecular complexity index is 496. The van der Waals surface area contributed by atoms with Crippen LogP contribution in [-0.2, 0) is 0 Å². The van der Waals surface area contributed by atoms with Gasteiger partial charge in [0.15, 0.2) is 5.11 Å². The Morgan fingerprint density at radius 1 is 1.52 bits per heavy atom. The average Bonchev–Trinajstić information content (AvgIpc) is 2.44. The Kier molecular flexibility index (Phi) is 5.99. The van der Waals surface area contributed by atoms with Crippen molar-refractivity contribution in [2.45, 2.75) is 33.1 Å². The first kappa shape index (κ1) is 16.2. The van der Waals surface area contributed by atoms with E-state index in [2.05, 4.69) is 39.3 Å². The number of nitrogens with one attached hydrogen (secondary N) is 2. The lowest BCUT2D eigenvalue weighted by atomic mass is 10.0. The van der Waals surface area contributed by atoms with Gasteiger partial charge in [0.2, 0.25) is 5.95 Å². The maximum absolute atomic E-state index is 6.11. The van der Waals surface area contributed by atoms with E-state index in [-0.39, 0.29) is 0 Å². The molecular weight excluding hydrogens is 306 g/mol. The molecule has 0 radical (unpaired) electrons. The minimum absolute atomic E-state index is 0.430. The summed E-state index contributed by atoms with van der Waals surface area (Å²) in [6.45, 7) is 7.18. The second-order valence-corrected chi connectivity index (χ2v) is 6.24. The SMILES string of the molecule is CCCNC(=S)Nc1nc(Cl)cc(N2CCC[C@H](C)C2)n1. The molecule has 0 aliphatic carbocycles. The van der Waals surface area contributed by atoms with Gasteiger partial charge in [0.1, 0.15) is 11.0 Å². The predicted molar refractivity (Wildman–Crippen MR) is 92.2 cm³/mol. The van der Waals surface area contributed by atoms with Crippen molar-refractivity contribution in [3.05, 3.63) is 11.2 Å². The van der Waals surface area contributed by atoms with Gasteiger partial charge >= 0.3 is 0 Å². The molecule has 0 unspecified atom stereocenters. The topological polar surface area (TPSA) is 53.1 Å². The van der Waals surface area contributed by atoms with Gasteiger partial charge in [-0.15, -0.1) is 0 Å². The van der Waals surface area contributed by atoms with Crippen LogP contribution in [0.3, 0.4) is 0 Å². The van der Waals surface area contributed by atoms with E-state index in [1.807, 2.05) is 6.07 Å². The average molecular weight is 328 g/mol. The Balaban J connectivity index is 2.07. The fourth-order valence-corrected chi connectivity index (χ4v) is 2.78. The van der Waals surface area contributed by atoms with E-state index < -0.39 is 0 Å². The second-order valence-electron chi connectivity index (χ2n) is 5.45. The number of halogens is 1. The molecule has 1 fully saturated rings. The van der Waals surface area contributed by atoms with Crippen molar-refractivity contribution in [1.82, 2.24) is 15.3 Å². The fourth-order valence-electron chi connectivity index (χ4n) is 2.41. The van der Waals surface area contributed by atoms with Crippen molar-refractivity contribution in [2.75, 3.05) is 29.9 Å². The van der Waals surface area contributed by atoms with E-state index in [0.29, 0.717) is 22.1 Å². The van der Waals surface area contributed by atoms with Gasteiger partial charge in [0.05, 0.1) is 0 Å². The van der Waals surface area contributed by atoms with Gasteiger partial charge in [0.25, 0.3) is 0 Å². The summed E-state index contributed by atoms with van der Waals surface area (Å²) < 4.78 is 0. The first-order valence-electron chi connectivity index (χ1n) is 7.43. The highest BCUT2D eigenvalue weighted by Gasteiger charge is 2.19. The van der Waals surface area contributed by atoms with Crippen LogP contribution < -0.4 is 15.5 Å². The lowest BCUT2D eigenvalue weighted by molar-refractivity contribution is 0.444. The number of aromatic nitrogens is 2. The first-order valence-corrected chi connectivity index (χ1v) is 8.21. The summed E-state index contributed by atoms with van der Waals surface area (Å²) in [4.78, 5) is 11.0. The minimum atomic E-state index is 0.430. The number of piperidine rings is 1. The lowest BCUT2D eigenvalue weighted by Gasteiger charge is -2.32. The zero-order chi connectivity index (χ0) is 15.2. The molecule has 1 atom stereocenters. The maximum atomic E-state index is 6.11. The van der Waals surface area contributed by atoms with Crippen molar-refractivity contribution < 1.29 is 0 Å². The highest BCUT2D eigenvalue weighted by molar-refractivity contribution is 7.80. The summed E-state index contributed by atoms with van der Waals surface area (Å²) in [5, 5.41) is 7.04. The number of rotatable bonds is 4. The summed E-state index contributed by atoms with van der Waals surface area (Å²) in [5.74, 6) is 1.99. The number of nitrogens with zero attached hydrogens (tertiary/aromatic N) is 3. The van der Waals surface area contributed by atoms with Crippen molar-refractivity contribution in [3.8, 4) is 0 Å². The van der Waals surface area contributed by atoms with E-state index in [4.69, 9.17) is 23.8 Å². The molecule has 0 saturated carbocycles. The Labute approximate surface area is 136 Å². The predicted octanol–water partition coefficient (Wildman–Crippen LogP) is 3.06. The molecule has 1 saturated heterocycles. The van der Waals surface area contributed by atoms with Gasteiger partial charge in [-0.05, 0) is 37.4 Å². The molecular formula is C14H22ClN5S. The van der Waals surface area contributed by atoms with E-state index in [0.717, 1.165) is 31.9 Å². The quantitative estimate of drug-likeness (QED) is 0.655. The molecule has 0 spiro atoms. The van der Waals surface area contributed by atoms with Crippen LogP contribution in [0.4, 0.5) is 11.8 Å². The van der Waals surface area contributed by atoms with Crippen molar-refractivity contribution in [3.63, 3.8) is 0 Å².